The molecule has 3 rings (SSSR count). The quantitative estimate of drug-likeness (QED) is 0.730. The Morgan fingerprint density at radius 2 is 1.64 bits per heavy atom. The lowest BCUT2D eigenvalue weighted by atomic mass is 10.1. The van der Waals surface area contributed by atoms with Gasteiger partial charge in [0.05, 0.1) is 11.3 Å². The summed E-state index contributed by atoms with van der Waals surface area (Å²) in [4.78, 5) is 37.8. The highest BCUT2D eigenvalue weighted by atomic mass is 35.5. The highest BCUT2D eigenvalue weighted by Crippen LogP contribution is 2.35. The molecule has 3 amide bonds. The number of benzene rings is 2. The number of nitrogens with zero attached hydrogens (tertiary/aromatic N) is 1. The SMILES string of the molecule is CCCCc1ccc(N2C(=O)C(Cl)=C(c3ccc(NC(C)=O)cc3)C2=O)cc1. The molecule has 1 aliphatic heterocycles. The van der Waals surface area contributed by atoms with E-state index in [0.29, 0.717) is 16.9 Å². The Morgan fingerprint density at radius 1 is 1.00 bits per heavy atom. The average Bonchev–Trinajstić information content (AvgIpc) is 2.90. The molecular formula is C22H21ClN2O3. The molecule has 0 atom stereocenters. The third-order valence-electron chi connectivity index (χ3n) is 4.53. The summed E-state index contributed by atoms with van der Waals surface area (Å²) >= 11 is 6.22. The maximum Gasteiger partial charge on any atom is 0.277 e. The Bertz CT molecular complexity index is 947. The average molecular weight is 397 g/mol. The Hall–Kier alpha value is -2.92. The van der Waals surface area contributed by atoms with Gasteiger partial charge in [0.2, 0.25) is 5.91 Å². The Kier molecular flexibility index (Phi) is 5.95. The van der Waals surface area contributed by atoms with E-state index in [9.17, 15) is 14.4 Å². The van der Waals surface area contributed by atoms with Crippen LogP contribution in [0.2, 0.25) is 0 Å². The molecule has 2 aromatic carbocycles. The summed E-state index contributed by atoms with van der Waals surface area (Å²) in [5.74, 6) is -1.18. The van der Waals surface area contributed by atoms with Crippen molar-refractivity contribution < 1.29 is 14.4 Å². The topological polar surface area (TPSA) is 66.5 Å². The summed E-state index contributed by atoms with van der Waals surface area (Å²) < 4.78 is 0. The second-order valence-electron chi connectivity index (χ2n) is 6.66. The van der Waals surface area contributed by atoms with Crippen LogP contribution in [-0.4, -0.2) is 17.7 Å². The number of hydrogen-bond acceptors (Lipinski definition) is 3. The number of hydrogen-bond donors (Lipinski definition) is 1. The van der Waals surface area contributed by atoms with Crippen molar-refractivity contribution >= 4 is 46.3 Å². The molecule has 0 saturated heterocycles. The molecule has 1 aliphatic rings. The van der Waals surface area contributed by atoms with Gasteiger partial charge in [0.25, 0.3) is 11.8 Å². The van der Waals surface area contributed by atoms with Gasteiger partial charge in [-0.3, -0.25) is 14.4 Å². The zero-order valence-corrected chi connectivity index (χ0v) is 16.5. The van der Waals surface area contributed by atoms with Crippen LogP contribution < -0.4 is 10.2 Å². The van der Waals surface area contributed by atoms with E-state index < -0.39 is 11.8 Å². The molecule has 28 heavy (non-hydrogen) atoms. The first kappa shape index (κ1) is 19.8. The maximum absolute atomic E-state index is 12.9. The Balaban J connectivity index is 1.84. The van der Waals surface area contributed by atoms with Gasteiger partial charge >= 0.3 is 0 Å². The highest BCUT2D eigenvalue weighted by molar-refractivity contribution is 6.60. The van der Waals surface area contributed by atoms with Crippen molar-refractivity contribution in [2.24, 2.45) is 0 Å². The van der Waals surface area contributed by atoms with Crippen molar-refractivity contribution in [1.29, 1.82) is 0 Å². The standard InChI is InChI=1S/C22H21ClN2O3/c1-3-4-5-15-6-12-18(13-7-15)25-21(27)19(20(23)22(25)28)16-8-10-17(11-9-16)24-14(2)26/h6-13H,3-5H2,1-2H3,(H,24,26). The van der Waals surface area contributed by atoms with Crippen LogP contribution in [-0.2, 0) is 20.8 Å². The summed E-state index contributed by atoms with van der Waals surface area (Å²) in [6.45, 7) is 3.55. The smallest absolute Gasteiger partial charge is 0.277 e. The predicted octanol–water partition coefficient (Wildman–Crippen LogP) is 4.51. The summed E-state index contributed by atoms with van der Waals surface area (Å²) in [5.41, 5.74) is 2.95. The first-order valence-corrected chi connectivity index (χ1v) is 9.55. The van der Waals surface area contributed by atoms with Crippen LogP contribution in [0.3, 0.4) is 0 Å². The summed E-state index contributed by atoms with van der Waals surface area (Å²) in [5, 5.41) is 2.55. The summed E-state index contributed by atoms with van der Waals surface area (Å²) in [6.07, 6.45) is 3.16. The number of halogens is 1. The van der Waals surface area contributed by atoms with Crippen molar-refractivity contribution in [1.82, 2.24) is 0 Å². The van der Waals surface area contributed by atoms with E-state index in [1.54, 1.807) is 36.4 Å². The molecule has 0 spiro atoms. The minimum Gasteiger partial charge on any atom is -0.326 e. The fourth-order valence-electron chi connectivity index (χ4n) is 3.10. The summed E-state index contributed by atoms with van der Waals surface area (Å²) in [6, 6.07) is 14.0. The number of carbonyl (C=O) groups is 3. The molecule has 0 bridgehead atoms. The van der Waals surface area contributed by atoms with E-state index in [2.05, 4.69) is 12.2 Å². The van der Waals surface area contributed by atoms with Crippen LogP contribution in [0.5, 0.6) is 0 Å². The first-order chi connectivity index (χ1) is 13.4. The Labute approximate surface area is 169 Å². The second kappa shape index (κ2) is 8.40. The molecule has 0 unspecified atom stereocenters. The number of amides is 3. The van der Waals surface area contributed by atoms with Gasteiger partial charge in [0, 0.05) is 12.6 Å². The van der Waals surface area contributed by atoms with Crippen molar-refractivity contribution in [2.75, 3.05) is 10.2 Å². The molecule has 0 aliphatic carbocycles. The van der Waals surface area contributed by atoms with Crippen LogP contribution in [0.1, 0.15) is 37.8 Å². The van der Waals surface area contributed by atoms with E-state index in [1.807, 2.05) is 12.1 Å². The molecule has 1 heterocycles. The van der Waals surface area contributed by atoms with Gasteiger partial charge in [-0.05, 0) is 48.2 Å². The van der Waals surface area contributed by atoms with Crippen LogP contribution in [0.4, 0.5) is 11.4 Å². The number of nitrogens with one attached hydrogen (secondary N) is 1. The van der Waals surface area contributed by atoms with E-state index >= 15 is 0 Å². The van der Waals surface area contributed by atoms with Crippen LogP contribution >= 0.6 is 11.6 Å². The van der Waals surface area contributed by atoms with Crippen molar-refractivity contribution in [3.8, 4) is 0 Å². The number of carbonyl (C=O) groups excluding carboxylic acids is 3. The number of aryl methyl sites for hydroxylation is 1. The number of rotatable bonds is 6. The monoisotopic (exact) mass is 396 g/mol. The first-order valence-electron chi connectivity index (χ1n) is 9.18. The zero-order valence-electron chi connectivity index (χ0n) is 15.8. The number of unbranched alkanes of at least 4 members (excludes halogenated alkanes) is 1. The highest BCUT2D eigenvalue weighted by Gasteiger charge is 2.39. The number of imide groups is 1. The van der Waals surface area contributed by atoms with Gasteiger partial charge in [0.15, 0.2) is 0 Å². The Morgan fingerprint density at radius 3 is 2.21 bits per heavy atom. The maximum atomic E-state index is 12.9. The zero-order chi connectivity index (χ0) is 20.3. The van der Waals surface area contributed by atoms with Crippen LogP contribution in [0.15, 0.2) is 53.6 Å². The van der Waals surface area contributed by atoms with E-state index in [-0.39, 0.29) is 16.5 Å². The summed E-state index contributed by atoms with van der Waals surface area (Å²) in [7, 11) is 0. The fraction of sp³-hybridized carbons (Fsp3) is 0.227. The molecule has 1 N–H and O–H groups in total. The molecule has 0 saturated carbocycles. The number of anilines is 2. The largest absolute Gasteiger partial charge is 0.326 e. The van der Waals surface area contributed by atoms with E-state index in [1.165, 1.54) is 6.92 Å². The van der Waals surface area contributed by atoms with E-state index in [4.69, 9.17) is 11.6 Å². The molecule has 0 aromatic heterocycles. The third-order valence-corrected chi connectivity index (χ3v) is 4.89. The lowest BCUT2D eigenvalue weighted by Crippen LogP contribution is -2.31. The van der Waals surface area contributed by atoms with Crippen LogP contribution in [0, 0.1) is 0 Å². The predicted molar refractivity (Wildman–Crippen MR) is 111 cm³/mol. The van der Waals surface area contributed by atoms with Gasteiger partial charge in [0.1, 0.15) is 5.03 Å². The molecule has 2 aromatic rings. The lowest BCUT2D eigenvalue weighted by Gasteiger charge is -2.15. The van der Waals surface area contributed by atoms with Crippen molar-refractivity contribution in [3.63, 3.8) is 0 Å². The molecule has 5 nitrogen and oxygen atoms in total. The van der Waals surface area contributed by atoms with E-state index in [0.717, 1.165) is 29.7 Å². The normalized spacial score (nSPS) is 14.0. The minimum atomic E-state index is -0.533. The van der Waals surface area contributed by atoms with Gasteiger partial charge in [-0.15, -0.1) is 0 Å². The fourth-order valence-corrected chi connectivity index (χ4v) is 3.38. The molecular weight excluding hydrogens is 376 g/mol. The minimum absolute atomic E-state index is 0.104. The van der Waals surface area contributed by atoms with Gasteiger partial charge in [-0.1, -0.05) is 49.2 Å². The molecule has 144 valence electrons. The van der Waals surface area contributed by atoms with Gasteiger partial charge in [-0.25, -0.2) is 4.90 Å². The van der Waals surface area contributed by atoms with Gasteiger partial charge in [-0.2, -0.15) is 0 Å². The second-order valence-corrected chi connectivity index (χ2v) is 7.04. The van der Waals surface area contributed by atoms with Crippen molar-refractivity contribution in [2.45, 2.75) is 33.1 Å². The lowest BCUT2D eigenvalue weighted by molar-refractivity contribution is -0.120. The third kappa shape index (κ3) is 3.99. The van der Waals surface area contributed by atoms with Gasteiger partial charge < -0.3 is 5.32 Å². The molecule has 0 fully saturated rings. The van der Waals surface area contributed by atoms with Crippen LogP contribution in [0.25, 0.3) is 5.57 Å². The molecule has 6 heteroatoms. The molecule has 0 radical (unpaired) electrons. The van der Waals surface area contributed by atoms with Crippen molar-refractivity contribution in [3.05, 3.63) is 64.7 Å².